The molecular weight excluding hydrogens is 444 g/mol. The van der Waals surface area contributed by atoms with Gasteiger partial charge in [-0.1, -0.05) is 24.3 Å². The van der Waals surface area contributed by atoms with Crippen molar-refractivity contribution in [3.63, 3.8) is 0 Å². The number of anilines is 1. The molecule has 2 amide bonds. The molecule has 1 saturated heterocycles. The summed E-state index contributed by atoms with van der Waals surface area (Å²) >= 11 is 3.85. The predicted molar refractivity (Wildman–Crippen MR) is 124 cm³/mol. The summed E-state index contributed by atoms with van der Waals surface area (Å²) in [4.78, 5) is 40.1. The van der Waals surface area contributed by atoms with Crippen LogP contribution in [0.15, 0.2) is 30.5 Å². The average molecular weight is 473 g/mol. The summed E-state index contributed by atoms with van der Waals surface area (Å²) in [5.41, 5.74) is 2.15. The van der Waals surface area contributed by atoms with Crippen molar-refractivity contribution in [1.29, 1.82) is 0 Å². The lowest BCUT2D eigenvalue weighted by atomic mass is 10.0. The quantitative estimate of drug-likeness (QED) is 0.663. The number of aliphatic hydroxyl groups excluding tert-OH is 1. The number of ether oxygens (including phenoxy) is 1. The molecule has 33 heavy (non-hydrogen) atoms. The molecule has 1 unspecified atom stereocenters. The van der Waals surface area contributed by atoms with Gasteiger partial charge in [-0.05, 0) is 32.8 Å². The molecule has 1 N–H and O–H groups in total. The summed E-state index contributed by atoms with van der Waals surface area (Å²) < 4.78 is 7.48. The third kappa shape index (κ3) is 5.06. The topological polar surface area (TPSA) is 105 Å². The van der Waals surface area contributed by atoms with E-state index in [-0.39, 0.29) is 36.6 Å². The average Bonchev–Trinajstić information content (AvgIpc) is 3.27. The second kappa shape index (κ2) is 8.83. The standard InChI is InChI=1S/C23H28N4O5S/c1-23(2,3)32-22(31)25-13-19-18(26-12-17(28)9-20(26)29)10-24-27(19)11-16(25)8-14-4-6-15(7-5-14)21(30)33/h4-7,10,16-17,28H,8-9,11-13H2,1-3H3,(H,30,33)/t16-,17?/m0/s1. The first-order chi connectivity index (χ1) is 15.5. The number of β-amino-alcohol motifs (C(OH)–C–C–N with tert-alkyl or cyclic N) is 1. The zero-order valence-corrected chi connectivity index (χ0v) is 19.8. The zero-order valence-electron chi connectivity index (χ0n) is 18.9. The molecule has 4 rings (SSSR count). The summed E-state index contributed by atoms with van der Waals surface area (Å²) in [5, 5.41) is 14.1. The Hall–Kier alpha value is -2.85. The van der Waals surface area contributed by atoms with Gasteiger partial charge >= 0.3 is 6.09 Å². The number of rotatable bonds is 4. The lowest BCUT2D eigenvalue weighted by molar-refractivity contribution is -0.117. The van der Waals surface area contributed by atoms with E-state index in [0.29, 0.717) is 24.2 Å². The number of carbonyl (C=O) groups excluding carboxylic acids is 3. The van der Waals surface area contributed by atoms with Crippen molar-refractivity contribution < 1.29 is 24.2 Å². The number of nitrogens with zero attached hydrogens (tertiary/aromatic N) is 4. The van der Waals surface area contributed by atoms with Crippen LogP contribution in [0.1, 0.15) is 48.8 Å². The van der Waals surface area contributed by atoms with Gasteiger partial charge in [0.25, 0.3) is 0 Å². The predicted octanol–water partition coefficient (Wildman–Crippen LogP) is 2.41. The van der Waals surface area contributed by atoms with Crippen LogP contribution in [0, 0.1) is 0 Å². The largest absolute Gasteiger partial charge is 0.444 e. The third-order valence-corrected chi connectivity index (χ3v) is 6.03. The molecule has 10 heteroatoms. The molecule has 176 valence electrons. The van der Waals surface area contributed by atoms with Crippen LogP contribution in [0.5, 0.6) is 0 Å². The van der Waals surface area contributed by atoms with Gasteiger partial charge in [-0.25, -0.2) is 4.79 Å². The Bertz CT molecular complexity index is 1080. The van der Waals surface area contributed by atoms with Crippen molar-refractivity contribution in [3.05, 3.63) is 47.3 Å². The number of carbonyl (C=O) groups is 3. The number of aromatic nitrogens is 2. The molecule has 3 heterocycles. The first-order valence-corrected chi connectivity index (χ1v) is 11.3. The van der Waals surface area contributed by atoms with E-state index < -0.39 is 17.8 Å². The molecule has 0 radical (unpaired) electrons. The van der Waals surface area contributed by atoms with Crippen molar-refractivity contribution in [2.24, 2.45) is 0 Å². The van der Waals surface area contributed by atoms with Crippen LogP contribution in [0.4, 0.5) is 10.5 Å². The van der Waals surface area contributed by atoms with E-state index in [1.54, 1.807) is 23.2 Å². The minimum atomic E-state index is -0.710. The highest BCUT2D eigenvalue weighted by molar-refractivity contribution is 7.97. The van der Waals surface area contributed by atoms with E-state index in [0.717, 1.165) is 11.3 Å². The summed E-state index contributed by atoms with van der Waals surface area (Å²) in [6.07, 6.45) is 1.08. The molecule has 1 aromatic carbocycles. The number of thiol groups is 1. The fourth-order valence-corrected chi connectivity index (χ4v) is 4.37. The summed E-state index contributed by atoms with van der Waals surface area (Å²) in [7, 11) is 0. The van der Waals surface area contributed by atoms with Gasteiger partial charge in [-0.2, -0.15) is 5.10 Å². The molecule has 2 aromatic rings. The molecule has 9 nitrogen and oxygen atoms in total. The molecule has 2 atom stereocenters. The van der Waals surface area contributed by atoms with E-state index in [1.165, 1.54) is 4.90 Å². The summed E-state index contributed by atoms with van der Waals surface area (Å²) in [5.74, 6) is -0.164. The molecular formula is C23H28N4O5S. The van der Waals surface area contributed by atoms with Crippen molar-refractivity contribution in [2.75, 3.05) is 11.4 Å². The van der Waals surface area contributed by atoms with Crippen LogP contribution in [-0.2, 0) is 29.0 Å². The molecule has 0 aliphatic carbocycles. The van der Waals surface area contributed by atoms with Gasteiger partial charge in [0.2, 0.25) is 11.0 Å². The first kappa shape index (κ1) is 23.3. The Morgan fingerprint density at radius 1 is 1.21 bits per heavy atom. The number of amides is 2. The van der Waals surface area contributed by atoms with Gasteiger partial charge in [0, 0.05) is 5.56 Å². The number of benzene rings is 1. The number of hydrogen-bond donors (Lipinski definition) is 2. The monoisotopic (exact) mass is 472 g/mol. The number of aliphatic hydroxyl groups is 1. The van der Waals surface area contributed by atoms with Gasteiger partial charge in [-0.15, -0.1) is 12.6 Å². The second-order valence-electron chi connectivity index (χ2n) is 9.49. The van der Waals surface area contributed by atoms with E-state index in [9.17, 15) is 19.5 Å². The van der Waals surface area contributed by atoms with Gasteiger partial charge in [-0.3, -0.25) is 19.2 Å². The van der Waals surface area contributed by atoms with E-state index in [4.69, 9.17) is 4.74 Å². The van der Waals surface area contributed by atoms with E-state index >= 15 is 0 Å². The Balaban J connectivity index is 1.62. The summed E-state index contributed by atoms with van der Waals surface area (Å²) in [6, 6.07) is 6.90. The lowest BCUT2D eigenvalue weighted by Gasteiger charge is -2.37. The van der Waals surface area contributed by atoms with Gasteiger partial charge < -0.3 is 14.7 Å². The number of hydrogen-bond acceptors (Lipinski definition) is 6. The molecule has 0 spiro atoms. The second-order valence-corrected chi connectivity index (χ2v) is 9.90. The van der Waals surface area contributed by atoms with Crippen LogP contribution in [0.2, 0.25) is 0 Å². The van der Waals surface area contributed by atoms with E-state index in [2.05, 4.69) is 17.7 Å². The SMILES string of the molecule is CC(C)(C)OC(=O)N1Cc2c(N3CC(O)CC3=O)cnn2C[C@@H]1Cc1ccc(C(=O)S)cc1. The maximum atomic E-state index is 13.1. The van der Waals surface area contributed by atoms with Crippen molar-refractivity contribution >= 4 is 35.4 Å². The molecule has 1 fully saturated rings. The van der Waals surface area contributed by atoms with Crippen LogP contribution in [0.25, 0.3) is 0 Å². The lowest BCUT2D eigenvalue weighted by Crippen LogP contribution is -2.49. The van der Waals surface area contributed by atoms with Gasteiger partial charge in [0.05, 0.1) is 55.8 Å². The first-order valence-electron chi connectivity index (χ1n) is 10.9. The third-order valence-electron chi connectivity index (χ3n) is 5.77. The van der Waals surface area contributed by atoms with Gasteiger partial charge in [0.15, 0.2) is 0 Å². The zero-order chi connectivity index (χ0) is 23.9. The normalized spacial score (nSPS) is 20.7. The van der Waals surface area contributed by atoms with Crippen LogP contribution < -0.4 is 4.90 Å². The Labute approximate surface area is 197 Å². The fraction of sp³-hybridized carbons (Fsp3) is 0.478. The molecule has 0 saturated carbocycles. The smallest absolute Gasteiger partial charge is 0.410 e. The summed E-state index contributed by atoms with van der Waals surface area (Å²) in [6.45, 7) is 6.31. The highest BCUT2D eigenvalue weighted by Crippen LogP contribution is 2.31. The van der Waals surface area contributed by atoms with Crippen molar-refractivity contribution in [3.8, 4) is 0 Å². The minimum Gasteiger partial charge on any atom is -0.444 e. The van der Waals surface area contributed by atoms with Gasteiger partial charge in [0.1, 0.15) is 5.60 Å². The molecule has 2 aliphatic heterocycles. The maximum absolute atomic E-state index is 13.1. The van der Waals surface area contributed by atoms with Crippen LogP contribution in [-0.4, -0.2) is 61.2 Å². The maximum Gasteiger partial charge on any atom is 0.410 e. The fourth-order valence-electron chi connectivity index (χ4n) is 4.22. The Morgan fingerprint density at radius 2 is 1.91 bits per heavy atom. The van der Waals surface area contributed by atoms with Crippen LogP contribution >= 0.6 is 12.6 Å². The van der Waals surface area contributed by atoms with E-state index in [1.807, 2.05) is 37.6 Å². The van der Waals surface area contributed by atoms with Crippen LogP contribution in [0.3, 0.4) is 0 Å². The Kier molecular flexibility index (Phi) is 6.24. The molecule has 2 aliphatic rings. The highest BCUT2D eigenvalue weighted by atomic mass is 32.1. The highest BCUT2D eigenvalue weighted by Gasteiger charge is 2.38. The minimum absolute atomic E-state index is 0.0772. The molecule has 0 bridgehead atoms. The Morgan fingerprint density at radius 3 is 2.48 bits per heavy atom. The number of fused-ring (bicyclic) bond motifs is 1. The molecule has 1 aromatic heterocycles. The van der Waals surface area contributed by atoms with Crippen molar-refractivity contribution in [2.45, 2.75) is 64.4 Å². The van der Waals surface area contributed by atoms with Crippen molar-refractivity contribution in [1.82, 2.24) is 14.7 Å².